The summed E-state index contributed by atoms with van der Waals surface area (Å²) >= 11 is 0. The number of hydrogen-bond donors (Lipinski definition) is 3. The molecule has 3 N–H and O–H groups in total. The number of nitrogens with zero attached hydrogens (tertiary/aromatic N) is 5. The lowest BCUT2D eigenvalue weighted by molar-refractivity contribution is 0.0654. The van der Waals surface area contributed by atoms with E-state index < -0.39 is 23.7 Å². The van der Waals surface area contributed by atoms with Crippen LogP contribution in [-0.2, 0) is 0 Å². The number of benzene rings is 1. The first kappa shape index (κ1) is 21.1. The number of phenols is 1. The summed E-state index contributed by atoms with van der Waals surface area (Å²) in [4.78, 5) is 7.79. The Hall–Kier alpha value is -3.14. The van der Waals surface area contributed by atoms with E-state index in [1.807, 2.05) is 27.7 Å². The molecule has 1 fully saturated rings. The van der Waals surface area contributed by atoms with E-state index in [-0.39, 0.29) is 17.2 Å². The number of alkyl halides is 1. The molecule has 0 aliphatic carbocycles. The molecular formula is C21H25F2N7O. The van der Waals surface area contributed by atoms with Gasteiger partial charge in [-0.2, -0.15) is 4.39 Å². The maximum atomic E-state index is 15.0. The van der Waals surface area contributed by atoms with Crippen LogP contribution in [0.4, 0.5) is 14.7 Å². The van der Waals surface area contributed by atoms with Gasteiger partial charge in [0.25, 0.3) is 0 Å². The zero-order valence-electron chi connectivity index (χ0n) is 17.8. The molecule has 2 aromatic heterocycles. The quantitative estimate of drug-likeness (QED) is 0.585. The number of aromatic hydroxyl groups is 1. The van der Waals surface area contributed by atoms with Crippen LogP contribution in [0.15, 0.2) is 36.9 Å². The minimum atomic E-state index is -1.14. The second-order valence-corrected chi connectivity index (χ2v) is 9.06. The molecule has 1 unspecified atom stereocenters. The Morgan fingerprint density at radius 3 is 2.58 bits per heavy atom. The summed E-state index contributed by atoms with van der Waals surface area (Å²) in [5, 5.41) is 25.0. The van der Waals surface area contributed by atoms with Crippen LogP contribution < -0.4 is 10.6 Å². The average molecular weight is 429 g/mol. The Labute approximate surface area is 178 Å². The number of hydrogen-bond acceptors (Lipinski definition) is 7. The first-order chi connectivity index (χ1) is 14.5. The highest BCUT2D eigenvalue weighted by atomic mass is 19.1. The first-order valence-electron chi connectivity index (χ1n) is 9.97. The molecule has 0 amide bonds. The summed E-state index contributed by atoms with van der Waals surface area (Å²) in [6.45, 7) is 7.73. The van der Waals surface area contributed by atoms with E-state index in [1.165, 1.54) is 29.4 Å². The zero-order valence-corrected chi connectivity index (χ0v) is 17.8. The number of rotatable bonds is 4. The van der Waals surface area contributed by atoms with E-state index in [1.54, 1.807) is 12.1 Å². The van der Waals surface area contributed by atoms with Gasteiger partial charge in [-0.25, -0.2) is 14.4 Å². The molecule has 0 saturated carbocycles. The van der Waals surface area contributed by atoms with E-state index in [2.05, 4.69) is 30.8 Å². The molecule has 1 saturated heterocycles. The lowest BCUT2D eigenvalue weighted by Gasteiger charge is -2.48. The maximum absolute atomic E-state index is 15.0. The van der Waals surface area contributed by atoms with Crippen molar-refractivity contribution < 1.29 is 13.9 Å². The fourth-order valence-corrected chi connectivity index (χ4v) is 4.24. The van der Waals surface area contributed by atoms with Gasteiger partial charge in [-0.05, 0) is 46.2 Å². The highest BCUT2D eigenvalue weighted by molar-refractivity contribution is 5.68. The molecule has 10 heteroatoms. The van der Waals surface area contributed by atoms with Crippen LogP contribution in [0.1, 0.15) is 34.1 Å². The predicted molar refractivity (Wildman–Crippen MR) is 112 cm³/mol. The second kappa shape index (κ2) is 7.52. The summed E-state index contributed by atoms with van der Waals surface area (Å²) < 4.78 is 29.5. The fraction of sp³-hybridized carbons (Fsp3) is 0.429. The highest BCUT2D eigenvalue weighted by Gasteiger charge is 2.46. The number of nitrogens with one attached hydrogen (secondary N) is 2. The average Bonchev–Trinajstić information content (AvgIpc) is 3.12. The normalized spacial score (nSPS) is 22.3. The van der Waals surface area contributed by atoms with Crippen LogP contribution in [0, 0.1) is 5.95 Å². The number of halogens is 2. The molecule has 1 aliphatic rings. The van der Waals surface area contributed by atoms with Crippen molar-refractivity contribution >= 4 is 5.95 Å². The Kier molecular flexibility index (Phi) is 5.12. The molecule has 4 rings (SSSR count). The standard InChI is InChI=1S/C21H25F2N7O/c1-20(2)8-14(18(23)21(3,4)29-20)26-19-24-9-15(27-28-19)13-6-5-12(7-16(13)31)30-10-17(22)25-11-30/h5-7,9-11,14,18,29,31H,8H2,1-4H3,(H,24,26,28)/t14?,18-/m0/s1. The topological polar surface area (TPSA) is 101 Å². The number of piperidine rings is 1. The lowest BCUT2D eigenvalue weighted by Crippen LogP contribution is -2.67. The van der Waals surface area contributed by atoms with E-state index in [0.29, 0.717) is 23.4 Å². The first-order valence-corrected chi connectivity index (χ1v) is 9.97. The van der Waals surface area contributed by atoms with Gasteiger partial charge in [-0.3, -0.25) is 0 Å². The van der Waals surface area contributed by atoms with Crippen LogP contribution >= 0.6 is 0 Å². The van der Waals surface area contributed by atoms with Gasteiger partial charge in [0.2, 0.25) is 11.9 Å². The molecule has 1 aliphatic heterocycles. The van der Waals surface area contributed by atoms with Crippen molar-refractivity contribution in [3.63, 3.8) is 0 Å². The van der Waals surface area contributed by atoms with E-state index >= 15 is 0 Å². The van der Waals surface area contributed by atoms with Gasteiger partial charge in [0.15, 0.2) is 0 Å². The van der Waals surface area contributed by atoms with E-state index in [9.17, 15) is 13.9 Å². The number of anilines is 1. The molecule has 0 radical (unpaired) electrons. The third kappa shape index (κ3) is 4.34. The Morgan fingerprint density at radius 1 is 1.19 bits per heavy atom. The van der Waals surface area contributed by atoms with Gasteiger partial charge in [-0.1, -0.05) is 0 Å². The summed E-state index contributed by atoms with van der Waals surface area (Å²) in [5.74, 6) is -0.457. The third-order valence-electron chi connectivity index (χ3n) is 5.42. The minimum Gasteiger partial charge on any atom is -0.507 e. The fourth-order valence-electron chi connectivity index (χ4n) is 4.24. The molecule has 3 aromatic rings. The van der Waals surface area contributed by atoms with Gasteiger partial charge < -0.3 is 20.3 Å². The van der Waals surface area contributed by atoms with Gasteiger partial charge in [0, 0.05) is 22.7 Å². The molecule has 8 nitrogen and oxygen atoms in total. The van der Waals surface area contributed by atoms with E-state index in [0.717, 1.165) is 0 Å². The van der Waals surface area contributed by atoms with Crippen LogP contribution in [0.2, 0.25) is 0 Å². The smallest absolute Gasteiger partial charge is 0.243 e. The van der Waals surface area contributed by atoms with Crippen molar-refractivity contribution in [2.75, 3.05) is 5.32 Å². The van der Waals surface area contributed by atoms with Crippen LogP contribution in [0.5, 0.6) is 5.75 Å². The molecule has 1 aromatic carbocycles. The van der Waals surface area contributed by atoms with Crippen LogP contribution in [0.25, 0.3) is 16.9 Å². The molecule has 0 bridgehead atoms. The second-order valence-electron chi connectivity index (χ2n) is 9.06. The van der Waals surface area contributed by atoms with Crippen LogP contribution in [0.3, 0.4) is 0 Å². The third-order valence-corrected chi connectivity index (χ3v) is 5.42. The largest absolute Gasteiger partial charge is 0.507 e. The summed E-state index contributed by atoms with van der Waals surface area (Å²) in [6.07, 6.45) is 3.39. The lowest BCUT2D eigenvalue weighted by atomic mass is 9.78. The van der Waals surface area contributed by atoms with Crippen molar-refractivity contribution in [3.8, 4) is 22.7 Å². The molecule has 2 atom stereocenters. The monoisotopic (exact) mass is 429 g/mol. The number of phenolic OH excluding ortho intramolecular Hbond substituents is 1. The van der Waals surface area contributed by atoms with Crippen molar-refractivity contribution in [1.29, 1.82) is 0 Å². The van der Waals surface area contributed by atoms with Crippen molar-refractivity contribution in [2.45, 2.75) is 57.4 Å². The van der Waals surface area contributed by atoms with Gasteiger partial charge in [0.05, 0.1) is 24.1 Å². The molecule has 164 valence electrons. The highest BCUT2D eigenvalue weighted by Crippen LogP contribution is 2.33. The predicted octanol–water partition coefficient (Wildman–Crippen LogP) is 3.24. The SMILES string of the molecule is CC1(C)CC(Nc2ncc(-c3ccc(-n4cnc(F)c4)cc3O)nn2)[C@H](F)C(C)(C)N1. The molecule has 0 spiro atoms. The molecular weight excluding hydrogens is 404 g/mol. The summed E-state index contributed by atoms with van der Waals surface area (Å²) in [7, 11) is 0. The zero-order chi connectivity index (χ0) is 22.4. The number of aromatic nitrogens is 5. The van der Waals surface area contributed by atoms with Crippen molar-refractivity contribution in [3.05, 3.63) is 42.9 Å². The Balaban J connectivity index is 1.52. The summed E-state index contributed by atoms with van der Waals surface area (Å²) in [6, 6.07) is 4.33. The maximum Gasteiger partial charge on any atom is 0.243 e. The van der Waals surface area contributed by atoms with Crippen LogP contribution in [-0.4, -0.2) is 53.1 Å². The summed E-state index contributed by atoms with van der Waals surface area (Å²) in [5.41, 5.74) is 0.376. The van der Waals surface area contributed by atoms with Gasteiger partial charge >= 0.3 is 0 Å². The Morgan fingerprint density at radius 2 is 1.97 bits per heavy atom. The van der Waals surface area contributed by atoms with Crippen molar-refractivity contribution in [1.82, 2.24) is 30.0 Å². The molecule has 31 heavy (non-hydrogen) atoms. The van der Waals surface area contributed by atoms with Gasteiger partial charge in [0.1, 0.15) is 23.9 Å². The van der Waals surface area contributed by atoms with E-state index in [4.69, 9.17) is 0 Å². The van der Waals surface area contributed by atoms with Crippen molar-refractivity contribution in [2.24, 2.45) is 0 Å². The number of imidazole rings is 1. The Bertz CT molecular complexity index is 1080. The minimum absolute atomic E-state index is 0.0610. The molecule has 3 heterocycles. The van der Waals surface area contributed by atoms with Gasteiger partial charge in [-0.15, -0.1) is 10.2 Å².